The van der Waals surface area contributed by atoms with E-state index in [1.807, 2.05) is 26.8 Å². The summed E-state index contributed by atoms with van der Waals surface area (Å²) in [6.07, 6.45) is 6.11. The third-order valence-corrected chi connectivity index (χ3v) is 6.50. The molecule has 1 fully saturated rings. The molecule has 1 aliphatic carbocycles. The number of hydrogen-bond acceptors (Lipinski definition) is 4. The Hall–Kier alpha value is -1.96. The quantitative estimate of drug-likeness (QED) is 0.454. The third-order valence-electron chi connectivity index (χ3n) is 4.76. The average Bonchev–Trinajstić information content (AvgIpc) is 2.69. The van der Waals surface area contributed by atoms with Crippen LogP contribution >= 0.6 is 0 Å². The first kappa shape index (κ1) is 22.3. The minimum Gasteiger partial charge on any atom is -0.357 e. The van der Waals surface area contributed by atoms with Crippen LogP contribution in [0.2, 0.25) is 0 Å². The summed E-state index contributed by atoms with van der Waals surface area (Å²) in [7, 11) is -0.744. The van der Waals surface area contributed by atoms with E-state index < -0.39 is 10.8 Å². The molecule has 3 atom stereocenters. The van der Waals surface area contributed by atoms with Gasteiger partial charge in [-0.05, 0) is 44.7 Å². The Morgan fingerprint density at radius 3 is 2.82 bits per heavy atom. The molecule has 8 heteroatoms. The van der Waals surface area contributed by atoms with E-state index in [0.717, 1.165) is 49.5 Å². The third kappa shape index (κ3) is 7.58. The van der Waals surface area contributed by atoms with Crippen LogP contribution in [0.25, 0.3) is 0 Å². The molecule has 0 radical (unpaired) electrons. The number of pyridine rings is 1. The number of aromatic nitrogens is 1. The van der Waals surface area contributed by atoms with E-state index in [-0.39, 0.29) is 17.2 Å². The van der Waals surface area contributed by atoms with Gasteiger partial charge >= 0.3 is 0 Å². The SMILES string of the molecule is CCNC(=NCCC(=O)Nc1ccc(C)cn1)NC1CCCC(S(=O)CC)C1. The molecule has 0 spiro atoms. The highest BCUT2D eigenvalue weighted by Gasteiger charge is 2.26. The summed E-state index contributed by atoms with van der Waals surface area (Å²) in [6.45, 7) is 7.10. The van der Waals surface area contributed by atoms with Gasteiger partial charge in [-0.1, -0.05) is 19.4 Å². The van der Waals surface area contributed by atoms with Crippen LogP contribution in [0.1, 0.15) is 51.5 Å². The zero-order valence-electron chi connectivity index (χ0n) is 17.2. The Balaban J connectivity index is 1.83. The lowest BCUT2D eigenvalue weighted by Crippen LogP contribution is -2.46. The predicted octanol–water partition coefficient (Wildman–Crippen LogP) is 2.35. The molecule has 1 aliphatic rings. The van der Waals surface area contributed by atoms with E-state index in [4.69, 9.17) is 0 Å². The van der Waals surface area contributed by atoms with Crippen molar-refractivity contribution in [3.63, 3.8) is 0 Å². The van der Waals surface area contributed by atoms with Crippen LogP contribution in [0.5, 0.6) is 0 Å². The van der Waals surface area contributed by atoms with Crippen molar-refractivity contribution in [1.82, 2.24) is 15.6 Å². The van der Waals surface area contributed by atoms with Gasteiger partial charge in [-0.2, -0.15) is 0 Å². The molecule has 0 aromatic carbocycles. The van der Waals surface area contributed by atoms with Gasteiger partial charge in [0.05, 0.1) is 6.54 Å². The van der Waals surface area contributed by atoms with Crippen molar-refractivity contribution in [1.29, 1.82) is 0 Å². The van der Waals surface area contributed by atoms with Gasteiger partial charge in [0.2, 0.25) is 5.91 Å². The fourth-order valence-electron chi connectivity index (χ4n) is 3.28. The van der Waals surface area contributed by atoms with Crippen LogP contribution in [0, 0.1) is 6.92 Å². The van der Waals surface area contributed by atoms with Crippen LogP contribution in [0.3, 0.4) is 0 Å². The Morgan fingerprint density at radius 2 is 2.14 bits per heavy atom. The number of guanidine groups is 1. The van der Waals surface area contributed by atoms with Crippen LogP contribution in [-0.4, -0.2) is 51.2 Å². The van der Waals surface area contributed by atoms with Crippen molar-refractivity contribution in [3.8, 4) is 0 Å². The summed E-state index contributed by atoms with van der Waals surface area (Å²) in [5.74, 6) is 1.89. The lowest BCUT2D eigenvalue weighted by molar-refractivity contribution is -0.116. The lowest BCUT2D eigenvalue weighted by Gasteiger charge is -2.30. The molecular weight excluding hydrogens is 374 g/mol. The summed E-state index contributed by atoms with van der Waals surface area (Å²) >= 11 is 0. The monoisotopic (exact) mass is 407 g/mol. The molecule has 1 heterocycles. The average molecular weight is 408 g/mol. The minimum atomic E-state index is -0.744. The van der Waals surface area contributed by atoms with Crippen LogP contribution in [0.4, 0.5) is 5.82 Å². The number of aryl methyl sites for hydroxylation is 1. The summed E-state index contributed by atoms with van der Waals surface area (Å²) < 4.78 is 12.1. The highest BCUT2D eigenvalue weighted by molar-refractivity contribution is 7.85. The number of hydrogen-bond donors (Lipinski definition) is 3. The molecule has 1 aromatic rings. The first-order chi connectivity index (χ1) is 13.5. The number of anilines is 1. The highest BCUT2D eigenvalue weighted by Crippen LogP contribution is 2.22. The smallest absolute Gasteiger partial charge is 0.227 e. The molecule has 1 amide bonds. The number of carbonyl (C=O) groups is 1. The molecule has 7 nitrogen and oxygen atoms in total. The van der Waals surface area contributed by atoms with Crippen molar-refractivity contribution < 1.29 is 9.00 Å². The Bertz CT molecular complexity index is 678. The number of carbonyl (C=O) groups excluding carboxylic acids is 1. The fourth-order valence-corrected chi connectivity index (χ4v) is 4.63. The molecule has 3 N–H and O–H groups in total. The molecule has 0 bridgehead atoms. The van der Waals surface area contributed by atoms with Gasteiger partial charge in [-0.25, -0.2) is 4.98 Å². The van der Waals surface area contributed by atoms with Crippen molar-refractivity contribution >= 4 is 28.5 Å². The molecule has 156 valence electrons. The summed E-state index contributed by atoms with van der Waals surface area (Å²) in [5.41, 5.74) is 1.05. The Morgan fingerprint density at radius 1 is 1.32 bits per heavy atom. The number of nitrogens with one attached hydrogen (secondary N) is 3. The van der Waals surface area contributed by atoms with E-state index in [1.54, 1.807) is 12.3 Å². The number of aliphatic imine (C=N–C) groups is 1. The van der Waals surface area contributed by atoms with Crippen LogP contribution in [-0.2, 0) is 15.6 Å². The summed E-state index contributed by atoms with van der Waals surface area (Å²) in [6, 6.07) is 3.98. The first-order valence-electron chi connectivity index (χ1n) is 10.2. The highest BCUT2D eigenvalue weighted by atomic mass is 32.2. The van der Waals surface area contributed by atoms with Crippen LogP contribution < -0.4 is 16.0 Å². The van der Waals surface area contributed by atoms with Crippen molar-refractivity contribution in [3.05, 3.63) is 23.9 Å². The number of nitrogens with zero attached hydrogens (tertiary/aromatic N) is 2. The fraction of sp³-hybridized carbons (Fsp3) is 0.650. The molecular formula is C20H33N5O2S. The molecule has 28 heavy (non-hydrogen) atoms. The number of amides is 1. The second-order valence-corrected chi connectivity index (χ2v) is 9.08. The van der Waals surface area contributed by atoms with Gasteiger partial charge in [0.15, 0.2) is 5.96 Å². The van der Waals surface area contributed by atoms with E-state index in [2.05, 4.69) is 25.9 Å². The first-order valence-corrected chi connectivity index (χ1v) is 11.5. The number of rotatable bonds is 8. The van der Waals surface area contributed by atoms with Gasteiger partial charge < -0.3 is 16.0 Å². The minimum absolute atomic E-state index is 0.105. The molecule has 3 unspecified atom stereocenters. The molecule has 1 aromatic heterocycles. The maximum atomic E-state index is 12.1. The van der Waals surface area contributed by atoms with Gasteiger partial charge in [0, 0.05) is 47.0 Å². The van der Waals surface area contributed by atoms with Crippen molar-refractivity contribution in [2.24, 2.45) is 4.99 Å². The standard InChI is InChI=1S/C20H33N5O2S/c1-4-21-20(24-16-7-6-8-17(13-16)28(27)5-2)22-12-11-19(26)25-18-10-9-15(3)14-23-18/h9-10,14,16-17H,4-8,11-13H2,1-3H3,(H2,21,22,24)(H,23,25,26). The molecule has 0 saturated heterocycles. The second kappa shape index (κ2) is 11.8. The largest absolute Gasteiger partial charge is 0.357 e. The normalized spacial score (nSPS) is 21.0. The second-order valence-electron chi connectivity index (χ2n) is 7.08. The van der Waals surface area contributed by atoms with Crippen molar-refractivity contribution in [2.45, 2.75) is 64.2 Å². The van der Waals surface area contributed by atoms with Crippen molar-refractivity contribution in [2.75, 3.05) is 24.2 Å². The summed E-state index contributed by atoms with van der Waals surface area (Å²) in [5, 5.41) is 9.75. The molecule has 1 saturated carbocycles. The molecule has 2 rings (SSSR count). The topological polar surface area (TPSA) is 95.5 Å². The van der Waals surface area contributed by atoms with E-state index in [1.165, 1.54) is 0 Å². The van der Waals surface area contributed by atoms with Crippen LogP contribution in [0.15, 0.2) is 23.3 Å². The van der Waals surface area contributed by atoms with E-state index in [9.17, 15) is 9.00 Å². The van der Waals surface area contributed by atoms with Gasteiger partial charge in [-0.3, -0.25) is 14.0 Å². The predicted molar refractivity (Wildman–Crippen MR) is 116 cm³/mol. The maximum Gasteiger partial charge on any atom is 0.227 e. The lowest BCUT2D eigenvalue weighted by atomic mass is 9.95. The Labute approximate surface area is 170 Å². The Kier molecular flexibility index (Phi) is 9.40. The van der Waals surface area contributed by atoms with Gasteiger partial charge in [0.1, 0.15) is 5.82 Å². The summed E-state index contributed by atoms with van der Waals surface area (Å²) in [4.78, 5) is 20.8. The van der Waals surface area contributed by atoms with Gasteiger partial charge in [-0.15, -0.1) is 0 Å². The maximum absolute atomic E-state index is 12.1. The zero-order chi connectivity index (χ0) is 20.4. The molecule has 0 aliphatic heterocycles. The van der Waals surface area contributed by atoms with Gasteiger partial charge in [0.25, 0.3) is 0 Å². The zero-order valence-corrected chi connectivity index (χ0v) is 18.0. The van der Waals surface area contributed by atoms with E-state index in [0.29, 0.717) is 18.8 Å². The van der Waals surface area contributed by atoms with E-state index >= 15 is 0 Å².